The van der Waals surface area contributed by atoms with Gasteiger partial charge in [0.2, 0.25) is 11.8 Å². The smallest absolute Gasteiger partial charge is 0.399 e. The van der Waals surface area contributed by atoms with Crippen molar-refractivity contribution in [3.05, 3.63) is 65.5 Å². The number of halogens is 4. The minimum absolute atomic E-state index is 0. The molecule has 8 nitrogen and oxygen atoms in total. The number of carbonyl (C=O) groups is 3. The molecule has 0 spiro atoms. The zero-order chi connectivity index (χ0) is 24.2. The number of hydrogen-bond acceptors (Lipinski definition) is 5. The van der Waals surface area contributed by atoms with Gasteiger partial charge in [-0.1, -0.05) is 6.07 Å². The number of piperidine rings is 1. The number of nitrogens with one attached hydrogen (secondary N) is 1. The highest BCUT2D eigenvalue weighted by Crippen LogP contribution is 2.35. The Morgan fingerprint density at radius 1 is 1.06 bits per heavy atom. The van der Waals surface area contributed by atoms with Crippen LogP contribution in [-0.2, 0) is 22.3 Å². The molecule has 3 N–H and O–H groups in total. The summed E-state index contributed by atoms with van der Waals surface area (Å²) in [7, 11) is 0. The van der Waals surface area contributed by atoms with Crippen molar-refractivity contribution in [3.63, 3.8) is 0 Å². The number of rotatable bonds is 3. The number of benzene rings is 2. The summed E-state index contributed by atoms with van der Waals surface area (Å²) < 4.78 is 41.7. The summed E-state index contributed by atoms with van der Waals surface area (Å²) in [5, 5.41) is 2.24. The molecular formula is C23H19ClF3N5O3. The lowest BCUT2D eigenvalue weighted by Crippen LogP contribution is -2.52. The lowest BCUT2D eigenvalue weighted by Gasteiger charge is -2.29. The molecular weight excluding hydrogens is 487 g/mol. The molecule has 5 rings (SSSR count). The molecule has 2 aliphatic rings. The van der Waals surface area contributed by atoms with E-state index in [0.29, 0.717) is 28.1 Å². The number of amides is 3. The number of aromatic nitrogens is 2. The predicted molar refractivity (Wildman–Crippen MR) is 122 cm³/mol. The van der Waals surface area contributed by atoms with Crippen LogP contribution >= 0.6 is 12.4 Å². The van der Waals surface area contributed by atoms with Gasteiger partial charge in [-0.25, -0.2) is 4.98 Å². The van der Waals surface area contributed by atoms with E-state index >= 15 is 0 Å². The predicted octanol–water partition coefficient (Wildman–Crippen LogP) is 3.32. The zero-order valence-electron chi connectivity index (χ0n) is 18.0. The summed E-state index contributed by atoms with van der Waals surface area (Å²) in [5.41, 5.74) is 6.85. The fourth-order valence-corrected chi connectivity index (χ4v) is 4.27. The van der Waals surface area contributed by atoms with Crippen LogP contribution in [0.2, 0.25) is 0 Å². The Morgan fingerprint density at radius 3 is 2.43 bits per heavy atom. The molecule has 2 aliphatic heterocycles. The Labute approximate surface area is 203 Å². The average Bonchev–Trinajstić information content (AvgIpc) is 3.36. The molecule has 3 heterocycles. The van der Waals surface area contributed by atoms with Crippen molar-refractivity contribution in [1.82, 2.24) is 19.8 Å². The number of fused-ring (bicyclic) bond motifs is 1. The van der Waals surface area contributed by atoms with Gasteiger partial charge in [0.05, 0.1) is 0 Å². The standard InChI is InChI=1S/C23H18F3N5O3.ClH/c24-23(25,26)18-11-30(15-4-2-14(27)3-5-15)20(28-18)12-1-6-16-13(9-12)10-31(22(16)34)17-7-8-19(32)29-21(17)33;/h1-6,9,11,17H,7-8,10,27H2,(H,29,32,33);1H. The van der Waals surface area contributed by atoms with E-state index in [1.807, 2.05) is 0 Å². The molecule has 0 saturated carbocycles. The van der Waals surface area contributed by atoms with Crippen LogP contribution in [-0.4, -0.2) is 38.2 Å². The molecule has 1 atom stereocenters. The molecule has 0 aliphatic carbocycles. The Bertz CT molecular complexity index is 1340. The Morgan fingerprint density at radius 2 is 1.77 bits per heavy atom. The van der Waals surface area contributed by atoms with Crippen molar-refractivity contribution in [2.45, 2.75) is 31.6 Å². The third kappa shape index (κ3) is 4.34. The number of nitrogen functional groups attached to an aromatic ring is 1. The highest BCUT2D eigenvalue weighted by atomic mass is 35.5. The second-order valence-electron chi connectivity index (χ2n) is 8.18. The van der Waals surface area contributed by atoms with Crippen LogP contribution in [0.5, 0.6) is 0 Å². The Hall–Kier alpha value is -3.86. The van der Waals surface area contributed by atoms with Crippen LogP contribution < -0.4 is 11.1 Å². The average molecular weight is 506 g/mol. The van der Waals surface area contributed by atoms with Crippen molar-refractivity contribution < 1.29 is 27.6 Å². The summed E-state index contributed by atoms with van der Waals surface area (Å²) in [6.45, 7) is 0.100. The number of carbonyl (C=O) groups excluding carboxylic acids is 3. The molecule has 1 fully saturated rings. The van der Waals surface area contributed by atoms with Gasteiger partial charge in [0, 0.05) is 41.7 Å². The van der Waals surface area contributed by atoms with E-state index in [4.69, 9.17) is 5.73 Å². The SMILES string of the molecule is Cl.Nc1ccc(-n2cc(C(F)(F)F)nc2-c2ccc3c(c2)CN(C2CCC(=O)NC2=O)C3=O)cc1. The van der Waals surface area contributed by atoms with Gasteiger partial charge in [-0.2, -0.15) is 13.2 Å². The Kier molecular flexibility index (Phi) is 6.05. The first-order valence-electron chi connectivity index (χ1n) is 10.4. The summed E-state index contributed by atoms with van der Waals surface area (Å²) >= 11 is 0. The summed E-state index contributed by atoms with van der Waals surface area (Å²) in [5.74, 6) is -1.24. The molecule has 182 valence electrons. The lowest BCUT2D eigenvalue weighted by atomic mass is 10.0. The van der Waals surface area contributed by atoms with Crippen molar-refractivity contribution >= 4 is 35.8 Å². The molecule has 2 aromatic carbocycles. The molecule has 0 radical (unpaired) electrons. The van der Waals surface area contributed by atoms with Gasteiger partial charge in [-0.3, -0.25) is 24.3 Å². The van der Waals surface area contributed by atoms with E-state index < -0.39 is 23.8 Å². The number of nitrogens with two attached hydrogens (primary N) is 1. The number of alkyl halides is 3. The van der Waals surface area contributed by atoms with E-state index in [9.17, 15) is 27.6 Å². The van der Waals surface area contributed by atoms with E-state index in [2.05, 4.69) is 10.3 Å². The maximum Gasteiger partial charge on any atom is 0.434 e. The van der Waals surface area contributed by atoms with Crippen LogP contribution in [0, 0.1) is 0 Å². The number of nitrogens with zero attached hydrogens (tertiary/aromatic N) is 3. The number of imide groups is 1. The maximum absolute atomic E-state index is 13.5. The van der Waals surface area contributed by atoms with E-state index in [1.54, 1.807) is 30.3 Å². The van der Waals surface area contributed by atoms with E-state index in [1.165, 1.54) is 21.6 Å². The first-order chi connectivity index (χ1) is 16.1. The van der Waals surface area contributed by atoms with Crippen LogP contribution in [0.25, 0.3) is 17.1 Å². The van der Waals surface area contributed by atoms with Gasteiger partial charge >= 0.3 is 6.18 Å². The van der Waals surface area contributed by atoms with Gasteiger partial charge < -0.3 is 10.6 Å². The largest absolute Gasteiger partial charge is 0.434 e. The van der Waals surface area contributed by atoms with Crippen LogP contribution in [0.1, 0.15) is 34.5 Å². The van der Waals surface area contributed by atoms with Crippen molar-refractivity contribution in [2.75, 3.05) is 5.73 Å². The summed E-state index contributed by atoms with van der Waals surface area (Å²) in [6, 6.07) is 10.2. The zero-order valence-corrected chi connectivity index (χ0v) is 18.8. The normalized spacial score (nSPS) is 17.7. The molecule has 3 amide bonds. The minimum Gasteiger partial charge on any atom is -0.399 e. The van der Waals surface area contributed by atoms with Crippen LogP contribution in [0.15, 0.2) is 48.7 Å². The van der Waals surface area contributed by atoms with E-state index in [-0.39, 0.29) is 49.4 Å². The molecule has 12 heteroatoms. The minimum atomic E-state index is -4.65. The highest BCUT2D eigenvalue weighted by molar-refractivity contribution is 6.05. The topological polar surface area (TPSA) is 110 Å². The van der Waals surface area contributed by atoms with Crippen LogP contribution in [0.4, 0.5) is 18.9 Å². The monoisotopic (exact) mass is 505 g/mol. The molecule has 0 bridgehead atoms. The third-order valence-corrected chi connectivity index (χ3v) is 5.95. The fraction of sp³-hybridized carbons (Fsp3) is 0.217. The molecule has 35 heavy (non-hydrogen) atoms. The second-order valence-corrected chi connectivity index (χ2v) is 8.18. The molecule has 3 aromatic rings. The van der Waals surface area contributed by atoms with Gasteiger partial charge in [0.25, 0.3) is 5.91 Å². The van der Waals surface area contributed by atoms with E-state index in [0.717, 1.165) is 6.20 Å². The van der Waals surface area contributed by atoms with Gasteiger partial charge in [0.15, 0.2) is 5.69 Å². The maximum atomic E-state index is 13.5. The number of imidazole rings is 1. The van der Waals surface area contributed by atoms with Gasteiger partial charge in [-0.15, -0.1) is 12.4 Å². The van der Waals surface area contributed by atoms with Gasteiger partial charge in [-0.05, 0) is 48.4 Å². The molecule has 1 aromatic heterocycles. The second kappa shape index (κ2) is 8.73. The van der Waals surface area contributed by atoms with Crippen molar-refractivity contribution in [2.24, 2.45) is 0 Å². The van der Waals surface area contributed by atoms with Crippen LogP contribution in [0.3, 0.4) is 0 Å². The first-order valence-corrected chi connectivity index (χ1v) is 10.4. The quantitative estimate of drug-likeness (QED) is 0.419. The molecule has 1 unspecified atom stereocenters. The molecule has 1 saturated heterocycles. The Balaban J connectivity index is 0.00000289. The number of hydrogen-bond donors (Lipinski definition) is 2. The van der Waals surface area contributed by atoms with Gasteiger partial charge in [0.1, 0.15) is 11.9 Å². The number of anilines is 1. The van der Waals surface area contributed by atoms with Crippen molar-refractivity contribution in [3.8, 4) is 17.1 Å². The van der Waals surface area contributed by atoms with Crippen molar-refractivity contribution in [1.29, 1.82) is 0 Å². The summed E-state index contributed by atoms with van der Waals surface area (Å²) in [4.78, 5) is 41.8. The fourth-order valence-electron chi connectivity index (χ4n) is 4.27. The first kappa shape index (κ1) is 24.3. The third-order valence-electron chi connectivity index (χ3n) is 5.95. The highest BCUT2D eigenvalue weighted by Gasteiger charge is 2.39. The summed E-state index contributed by atoms with van der Waals surface area (Å²) in [6.07, 6.45) is -3.40. The lowest BCUT2D eigenvalue weighted by molar-refractivity contribution is -0.141.